The van der Waals surface area contributed by atoms with Crippen molar-refractivity contribution in [2.75, 3.05) is 39.6 Å². The van der Waals surface area contributed by atoms with Gasteiger partial charge in [-0.25, -0.2) is 9.13 Å². The van der Waals surface area contributed by atoms with Crippen molar-refractivity contribution in [1.82, 2.24) is 0 Å². The van der Waals surface area contributed by atoms with E-state index in [-0.39, 0.29) is 25.7 Å². The highest BCUT2D eigenvalue weighted by molar-refractivity contribution is 7.47. The monoisotopic (exact) mass is 1460 g/mol. The van der Waals surface area contributed by atoms with E-state index in [1.165, 1.54) is 148 Å². The Labute approximate surface area is 610 Å². The number of unbranched alkanes of at least 4 members (excludes halogenated alkanes) is 41. The lowest BCUT2D eigenvalue weighted by molar-refractivity contribution is -0.161. The molecule has 0 heterocycles. The lowest BCUT2D eigenvalue weighted by Crippen LogP contribution is -2.30. The summed E-state index contributed by atoms with van der Waals surface area (Å²) in [7, 11) is -9.94. The zero-order chi connectivity index (χ0) is 73.2. The van der Waals surface area contributed by atoms with E-state index < -0.39 is 97.5 Å². The summed E-state index contributed by atoms with van der Waals surface area (Å²) in [6.07, 6.45) is 73.4. The van der Waals surface area contributed by atoms with Crippen LogP contribution in [-0.2, 0) is 65.4 Å². The van der Waals surface area contributed by atoms with E-state index in [0.29, 0.717) is 25.7 Å². The van der Waals surface area contributed by atoms with Crippen LogP contribution in [0.25, 0.3) is 0 Å². The number of hydrogen-bond acceptors (Lipinski definition) is 15. The normalized spacial score (nSPS) is 14.2. The first kappa shape index (κ1) is 96.8. The Balaban J connectivity index is 5.29. The van der Waals surface area contributed by atoms with Crippen molar-refractivity contribution in [2.45, 2.75) is 393 Å². The van der Waals surface area contributed by atoms with Gasteiger partial charge < -0.3 is 33.8 Å². The Morgan fingerprint density at radius 2 is 0.530 bits per heavy atom. The van der Waals surface area contributed by atoms with Gasteiger partial charge in [0.25, 0.3) is 0 Å². The molecule has 0 aromatic heterocycles. The van der Waals surface area contributed by atoms with Gasteiger partial charge in [-0.1, -0.05) is 326 Å². The van der Waals surface area contributed by atoms with Crippen LogP contribution in [-0.4, -0.2) is 96.7 Å². The van der Waals surface area contributed by atoms with E-state index in [0.717, 1.165) is 148 Å². The van der Waals surface area contributed by atoms with Gasteiger partial charge in [0.15, 0.2) is 12.2 Å². The fourth-order valence-electron chi connectivity index (χ4n) is 11.3. The van der Waals surface area contributed by atoms with Crippen molar-refractivity contribution in [2.24, 2.45) is 0 Å². The second kappa shape index (κ2) is 74.0. The molecular weight excluding hydrogens is 1310 g/mol. The zero-order valence-electron chi connectivity index (χ0n) is 63.9. The predicted molar refractivity (Wildman–Crippen MR) is 409 cm³/mol. The zero-order valence-corrected chi connectivity index (χ0v) is 65.7. The van der Waals surface area contributed by atoms with E-state index in [4.69, 9.17) is 37.0 Å². The summed E-state index contributed by atoms with van der Waals surface area (Å²) in [5, 5.41) is 10.6. The van der Waals surface area contributed by atoms with Gasteiger partial charge in [-0.3, -0.25) is 37.3 Å². The maximum absolute atomic E-state index is 13.1. The molecule has 584 valence electrons. The standard InChI is InChI=1S/C81H148O17P2/c1-5-9-13-17-21-25-29-32-35-36-37-38-41-43-47-50-54-58-62-66-79(84)92-72-77(98-81(86)68-64-60-56-52-48-44-40-34-31-27-23-19-15-11-7-3)74-96-100(89,90)94-70-75(82)69-93-99(87,88)95-73-76(97-80(85)67-63-59-55-51-45-28-24-20-16-12-8-4)71-91-78(83)65-61-57-53-49-46-42-39-33-30-26-22-18-14-10-6-2/h9,13,20-21,24-25,32,35,37-38,75-77,82H,5-8,10-12,14-19,22-23,26-31,33-34,36,39-74H2,1-4H3,(H,87,88)(H,89,90)/b13-9-,24-20-,25-21-,35-32-,38-37-. The van der Waals surface area contributed by atoms with Crippen LogP contribution < -0.4 is 0 Å². The molecule has 0 aromatic rings. The Bertz CT molecular complexity index is 2130. The Morgan fingerprint density at radius 1 is 0.290 bits per heavy atom. The molecule has 0 aliphatic rings. The number of esters is 4. The molecule has 0 radical (unpaired) electrons. The second-order valence-electron chi connectivity index (χ2n) is 27.3. The first-order valence-corrected chi connectivity index (χ1v) is 43.5. The van der Waals surface area contributed by atoms with Crippen molar-refractivity contribution in [1.29, 1.82) is 0 Å². The number of phosphoric acid groups is 2. The van der Waals surface area contributed by atoms with Gasteiger partial charge in [0.2, 0.25) is 0 Å². The number of aliphatic hydroxyl groups is 1. The van der Waals surface area contributed by atoms with Crippen molar-refractivity contribution in [3.63, 3.8) is 0 Å². The molecule has 0 aliphatic carbocycles. The summed E-state index contributed by atoms with van der Waals surface area (Å²) in [6, 6.07) is 0. The highest BCUT2D eigenvalue weighted by Crippen LogP contribution is 2.45. The van der Waals surface area contributed by atoms with Crippen molar-refractivity contribution < 1.29 is 80.2 Å². The third-order valence-corrected chi connectivity index (χ3v) is 19.4. The Morgan fingerprint density at radius 3 is 0.840 bits per heavy atom. The Kier molecular flexibility index (Phi) is 71.6. The predicted octanol–water partition coefficient (Wildman–Crippen LogP) is 23.5. The lowest BCUT2D eigenvalue weighted by atomic mass is 10.0. The largest absolute Gasteiger partial charge is 0.472 e. The minimum Gasteiger partial charge on any atom is -0.462 e. The fraction of sp³-hybridized carbons (Fsp3) is 0.827. The molecule has 0 spiro atoms. The highest BCUT2D eigenvalue weighted by atomic mass is 31.2. The molecular formula is C81H148O17P2. The number of hydrogen-bond donors (Lipinski definition) is 3. The number of allylic oxidation sites excluding steroid dienone is 10. The number of ether oxygens (including phenoxy) is 4. The molecule has 0 rings (SSSR count). The molecule has 0 saturated heterocycles. The van der Waals surface area contributed by atoms with Crippen LogP contribution in [0.2, 0.25) is 0 Å². The van der Waals surface area contributed by atoms with Crippen LogP contribution in [0.15, 0.2) is 60.8 Å². The van der Waals surface area contributed by atoms with Gasteiger partial charge in [-0.2, -0.15) is 0 Å². The minimum atomic E-state index is -4.97. The number of phosphoric ester groups is 2. The van der Waals surface area contributed by atoms with Crippen LogP contribution >= 0.6 is 15.6 Å². The fourth-order valence-corrected chi connectivity index (χ4v) is 12.9. The number of carbonyl (C=O) groups excluding carboxylic acids is 4. The first-order valence-electron chi connectivity index (χ1n) is 40.5. The van der Waals surface area contributed by atoms with Crippen molar-refractivity contribution in [3.8, 4) is 0 Å². The second-order valence-corrected chi connectivity index (χ2v) is 30.3. The molecule has 0 fully saturated rings. The molecule has 17 nitrogen and oxygen atoms in total. The first-order chi connectivity index (χ1) is 48.7. The van der Waals surface area contributed by atoms with Gasteiger partial charge in [0, 0.05) is 25.7 Å². The molecule has 0 bridgehead atoms. The SMILES string of the molecule is CC/C=C\C/C=C\C/C=C\C/C=C\CCCCCCCCC(=O)OCC(COP(=O)(O)OCC(O)COP(=O)(O)OCC(COC(=O)CCCCCCCCCCCCCCCCC)OC(=O)CCCCCCC/C=C\CCCC)OC(=O)CCCCCCCCCCCCCCCCC. The summed E-state index contributed by atoms with van der Waals surface area (Å²) < 4.78 is 68.6. The lowest BCUT2D eigenvalue weighted by Gasteiger charge is -2.21. The van der Waals surface area contributed by atoms with E-state index in [1.807, 2.05) is 0 Å². The topological polar surface area (TPSA) is 237 Å². The summed E-state index contributed by atoms with van der Waals surface area (Å²) in [5.74, 6) is -2.16. The van der Waals surface area contributed by atoms with Gasteiger partial charge in [-0.15, -0.1) is 0 Å². The van der Waals surface area contributed by atoms with Gasteiger partial charge in [-0.05, 0) is 83.5 Å². The third kappa shape index (κ3) is 73.1. The average Bonchev–Trinajstić information content (AvgIpc) is 0.985. The van der Waals surface area contributed by atoms with Crippen LogP contribution in [0.1, 0.15) is 374 Å². The van der Waals surface area contributed by atoms with Crippen LogP contribution in [0, 0.1) is 0 Å². The molecule has 0 amide bonds. The number of rotatable bonds is 77. The van der Waals surface area contributed by atoms with Crippen LogP contribution in [0.5, 0.6) is 0 Å². The number of carbonyl (C=O) groups is 4. The quantitative estimate of drug-likeness (QED) is 0.0169. The molecule has 0 aliphatic heterocycles. The Hall–Kier alpha value is -3.24. The molecule has 3 N–H and O–H groups in total. The number of aliphatic hydroxyl groups excluding tert-OH is 1. The summed E-state index contributed by atoms with van der Waals surface area (Å²) in [5.41, 5.74) is 0. The van der Waals surface area contributed by atoms with E-state index in [2.05, 4.69) is 88.5 Å². The van der Waals surface area contributed by atoms with Crippen LogP contribution in [0.4, 0.5) is 0 Å². The van der Waals surface area contributed by atoms with Crippen molar-refractivity contribution >= 4 is 39.5 Å². The maximum Gasteiger partial charge on any atom is 0.472 e. The minimum absolute atomic E-state index is 0.0904. The molecule has 5 atom stereocenters. The van der Waals surface area contributed by atoms with Gasteiger partial charge in [0.05, 0.1) is 26.4 Å². The highest BCUT2D eigenvalue weighted by Gasteiger charge is 2.30. The van der Waals surface area contributed by atoms with Gasteiger partial charge >= 0.3 is 39.5 Å². The molecule has 5 unspecified atom stereocenters. The maximum atomic E-state index is 13.1. The smallest absolute Gasteiger partial charge is 0.462 e. The molecule has 19 heteroatoms. The average molecular weight is 1460 g/mol. The molecule has 100 heavy (non-hydrogen) atoms. The van der Waals surface area contributed by atoms with E-state index in [9.17, 15) is 43.2 Å². The summed E-state index contributed by atoms with van der Waals surface area (Å²) in [6.45, 7) is 4.78. The third-order valence-electron chi connectivity index (χ3n) is 17.5. The molecule has 0 aromatic carbocycles. The molecule has 0 saturated carbocycles. The van der Waals surface area contributed by atoms with E-state index >= 15 is 0 Å². The van der Waals surface area contributed by atoms with Crippen LogP contribution in [0.3, 0.4) is 0 Å². The van der Waals surface area contributed by atoms with E-state index in [1.54, 1.807) is 0 Å². The van der Waals surface area contributed by atoms with Gasteiger partial charge in [0.1, 0.15) is 19.3 Å². The van der Waals surface area contributed by atoms with Crippen molar-refractivity contribution in [3.05, 3.63) is 60.8 Å². The summed E-state index contributed by atoms with van der Waals surface area (Å²) >= 11 is 0. The summed E-state index contributed by atoms with van der Waals surface area (Å²) in [4.78, 5) is 73.0.